The Labute approximate surface area is 129 Å². The van der Waals surface area contributed by atoms with Crippen molar-refractivity contribution in [2.75, 3.05) is 36.6 Å². The zero-order valence-electron chi connectivity index (χ0n) is 12.2. The monoisotopic (exact) mass is 314 g/mol. The molecule has 0 bridgehead atoms. The highest BCUT2D eigenvalue weighted by atomic mass is 32.2. The number of rotatable bonds is 11. The molecule has 118 valence electrons. The normalized spacial score (nSPS) is 10.4. The fraction of sp³-hybridized carbons (Fsp3) is 0.571. The minimum absolute atomic E-state index is 0.0269. The van der Waals surface area contributed by atoms with Gasteiger partial charge in [0.05, 0.1) is 17.6 Å². The molecule has 0 heterocycles. The molecule has 1 aromatic carbocycles. The van der Waals surface area contributed by atoms with E-state index in [1.807, 2.05) is 6.92 Å². The summed E-state index contributed by atoms with van der Waals surface area (Å²) in [4.78, 5) is 10.5. The molecule has 0 aliphatic heterocycles. The van der Waals surface area contributed by atoms with Gasteiger partial charge < -0.3 is 15.2 Å². The van der Waals surface area contributed by atoms with Crippen LogP contribution in [0, 0.1) is 10.1 Å². The number of nitrogens with one attached hydrogen (secondary N) is 1. The number of thioether (sulfide) groups is 1. The first-order valence-corrected chi connectivity index (χ1v) is 8.17. The van der Waals surface area contributed by atoms with Crippen LogP contribution in [-0.4, -0.2) is 41.3 Å². The second kappa shape index (κ2) is 10.3. The van der Waals surface area contributed by atoms with Gasteiger partial charge in [-0.25, -0.2) is 0 Å². The van der Waals surface area contributed by atoms with Crippen molar-refractivity contribution in [3.8, 4) is 5.75 Å². The molecule has 0 aliphatic rings. The lowest BCUT2D eigenvalue weighted by Crippen LogP contribution is -2.06. The van der Waals surface area contributed by atoms with Gasteiger partial charge in [0.25, 0.3) is 5.69 Å². The zero-order chi connectivity index (χ0) is 15.5. The Morgan fingerprint density at radius 1 is 1.38 bits per heavy atom. The molecule has 0 spiro atoms. The summed E-state index contributed by atoms with van der Waals surface area (Å²) < 4.78 is 5.47. The zero-order valence-corrected chi connectivity index (χ0v) is 13.0. The molecule has 2 N–H and O–H groups in total. The van der Waals surface area contributed by atoms with Crippen LogP contribution in [0.4, 0.5) is 11.4 Å². The van der Waals surface area contributed by atoms with Gasteiger partial charge in [-0.3, -0.25) is 10.1 Å². The summed E-state index contributed by atoms with van der Waals surface area (Å²) in [6.07, 6.45) is 1.64. The van der Waals surface area contributed by atoms with Gasteiger partial charge in [0.2, 0.25) is 0 Å². The lowest BCUT2D eigenvalue weighted by atomic mass is 10.2. The molecule has 0 saturated carbocycles. The van der Waals surface area contributed by atoms with Crippen molar-refractivity contribution in [2.24, 2.45) is 0 Å². The maximum Gasteiger partial charge on any atom is 0.275 e. The molecule has 6 nitrogen and oxygen atoms in total. The van der Waals surface area contributed by atoms with Gasteiger partial charge in [-0.15, -0.1) is 0 Å². The summed E-state index contributed by atoms with van der Waals surface area (Å²) in [6.45, 7) is 3.45. The highest BCUT2D eigenvalue weighted by molar-refractivity contribution is 7.99. The van der Waals surface area contributed by atoms with E-state index in [0.717, 1.165) is 24.3 Å². The number of aliphatic hydroxyl groups excluding tert-OH is 1. The number of anilines is 1. The molecule has 0 saturated heterocycles. The number of non-ortho nitro benzene ring substituents is 1. The number of nitro groups is 1. The molecule has 7 heteroatoms. The summed E-state index contributed by atoms with van der Waals surface area (Å²) in [5.74, 6) is 2.31. The van der Waals surface area contributed by atoms with Crippen molar-refractivity contribution in [3.05, 3.63) is 28.3 Å². The predicted molar refractivity (Wildman–Crippen MR) is 86.4 cm³/mol. The van der Waals surface area contributed by atoms with E-state index in [9.17, 15) is 10.1 Å². The van der Waals surface area contributed by atoms with E-state index >= 15 is 0 Å². The second-order valence-corrected chi connectivity index (χ2v) is 5.66. The SMILES string of the molecule is CCCOc1cc(NCCSCCCO)cc([N+](=O)[O-])c1. The van der Waals surface area contributed by atoms with Crippen LogP contribution in [-0.2, 0) is 0 Å². The van der Waals surface area contributed by atoms with Crippen LogP contribution in [0.15, 0.2) is 18.2 Å². The van der Waals surface area contributed by atoms with Gasteiger partial charge >= 0.3 is 0 Å². The molecule has 0 amide bonds. The topological polar surface area (TPSA) is 84.6 Å². The van der Waals surface area contributed by atoms with Crippen molar-refractivity contribution in [1.82, 2.24) is 0 Å². The van der Waals surface area contributed by atoms with Crippen molar-refractivity contribution < 1.29 is 14.8 Å². The molecule has 0 unspecified atom stereocenters. The number of benzene rings is 1. The maximum absolute atomic E-state index is 10.9. The smallest absolute Gasteiger partial charge is 0.275 e. The van der Waals surface area contributed by atoms with Gasteiger partial charge in [-0.05, 0) is 18.6 Å². The summed E-state index contributed by atoms with van der Waals surface area (Å²) in [6, 6.07) is 4.73. The van der Waals surface area contributed by atoms with E-state index in [1.54, 1.807) is 17.8 Å². The molecular weight excluding hydrogens is 292 g/mol. The average Bonchev–Trinajstić information content (AvgIpc) is 2.48. The Morgan fingerprint density at radius 2 is 2.19 bits per heavy atom. The Morgan fingerprint density at radius 3 is 2.86 bits per heavy atom. The van der Waals surface area contributed by atoms with E-state index in [0.29, 0.717) is 24.6 Å². The molecule has 21 heavy (non-hydrogen) atoms. The van der Waals surface area contributed by atoms with E-state index in [-0.39, 0.29) is 12.3 Å². The summed E-state index contributed by atoms with van der Waals surface area (Å²) in [5, 5.41) is 22.8. The Kier molecular flexibility index (Phi) is 8.61. The number of ether oxygens (including phenoxy) is 1. The number of hydrogen-bond acceptors (Lipinski definition) is 6. The Hall–Kier alpha value is -1.47. The van der Waals surface area contributed by atoms with Crippen LogP contribution in [0.2, 0.25) is 0 Å². The van der Waals surface area contributed by atoms with E-state index < -0.39 is 4.92 Å². The van der Waals surface area contributed by atoms with Gasteiger partial charge in [-0.2, -0.15) is 11.8 Å². The summed E-state index contributed by atoms with van der Waals surface area (Å²) in [5.41, 5.74) is 0.720. The highest BCUT2D eigenvalue weighted by Gasteiger charge is 2.10. The quantitative estimate of drug-likeness (QED) is 0.371. The van der Waals surface area contributed by atoms with E-state index in [4.69, 9.17) is 9.84 Å². The lowest BCUT2D eigenvalue weighted by molar-refractivity contribution is -0.384. The molecule has 0 aromatic heterocycles. The maximum atomic E-state index is 10.9. The minimum atomic E-state index is -0.417. The molecule has 0 aliphatic carbocycles. The first-order valence-electron chi connectivity index (χ1n) is 7.02. The third-order valence-electron chi connectivity index (χ3n) is 2.60. The van der Waals surface area contributed by atoms with Crippen molar-refractivity contribution in [1.29, 1.82) is 0 Å². The number of aliphatic hydroxyl groups is 1. The lowest BCUT2D eigenvalue weighted by Gasteiger charge is -2.09. The van der Waals surface area contributed by atoms with Crippen LogP contribution in [0.5, 0.6) is 5.75 Å². The Balaban J connectivity index is 2.54. The number of hydrogen-bond donors (Lipinski definition) is 2. The first kappa shape index (κ1) is 17.6. The van der Waals surface area contributed by atoms with Gasteiger partial charge in [0.1, 0.15) is 5.75 Å². The molecule has 0 fully saturated rings. The Bertz CT molecular complexity index is 443. The van der Waals surface area contributed by atoms with Gasteiger partial charge in [-0.1, -0.05) is 6.92 Å². The van der Waals surface area contributed by atoms with Crippen LogP contribution >= 0.6 is 11.8 Å². The van der Waals surface area contributed by atoms with Crippen LogP contribution in [0.1, 0.15) is 19.8 Å². The van der Waals surface area contributed by atoms with Gasteiger partial charge in [0.15, 0.2) is 0 Å². The average molecular weight is 314 g/mol. The molecular formula is C14H22N2O4S. The molecule has 0 atom stereocenters. The number of nitro benzene ring substituents is 1. The van der Waals surface area contributed by atoms with E-state index in [2.05, 4.69) is 5.32 Å². The van der Waals surface area contributed by atoms with Crippen LogP contribution in [0.25, 0.3) is 0 Å². The predicted octanol–water partition coefficient (Wildman–Crippen LogP) is 2.91. The first-order chi connectivity index (χ1) is 10.2. The van der Waals surface area contributed by atoms with Crippen molar-refractivity contribution >= 4 is 23.1 Å². The summed E-state index contributed by atoms with van der Waals surface area (Å²) >= 11 is 1.74. The van der Waals surface area contributed by atoms with Crippen LogP contribution in [0.3, 0.4) is 0 Å². The van der Waals surface area contributed by atoms with Crippen LogP contribution < -0.4 is 10.1 Å². The molecule has 1 aromatic rings. The minimum Gasteiger partial charge on any atom is -0.493 e. The van der Waals surface area contributed by atoms with Crippen molar-refractivity contribution in [2.45, 2.75) is 19.8 Å². The fourth-order valence-electron chi connectivity index (χ4n) is 1.63. The van der Waals surface area contributed by atoms with E-state index in [1.165, 1.54) is 12.1 Å². The molecule has 0 radical (unpaired) electrons. The van der Waals surface area contributed by atoms with Gasteiger partial charge in [0, 0.05) is 36.7 Å². The standard InChI is InChI=1S/C14H22N2O4S/c1-2-6-20-14-10-12(9-13(11-14)16(18)19)15-4-8-21-7-3-5-17/h9-11,15,17H,2-8H2,1H3. The van der Waals surface area contributed by atoms with Crippen molar-refractivity contribution in [3.63, 3.8) is 0 Å². The highest BCUT2D eigenvalue weighted by Crippen LogP contribution is 2.26. The summed E-state index contributed by atoms with van der Waals surface area (Å²) in [7, 11) is 0. The largest absolute Gasteiger partial charge is 0.493 e. The second-order valence-electron chi connectivity index (χ2n) is 4.44. The third kappa shape index (κ3) is 7.19. The number of nitrogens with zero attached hydrogens (tertiary/aromatic N) is 1. The third-order valence-corrected chi connectivity index (χ3v) is 3.67. The fourth-order valence-corrected chi connectivity index (χ4v) is 2.41. The molecule has 1 rings (SSSR count).